The zero-order valence-electron chi connectivity index (χ0n) is 12.3. The van der Waals surface area contributed by atoms with E-state index in [1.807, 2.05) is 0 Å². The lowest BCUT2D eigenvalue weighted by atomic mass is 9.99. The summed E-state index contributed by atoms with van der Waals surface area (Å²) < 4.78 is 0. The number of piperidine rings is 2. The quantitative estimate of drug-likeness (QED) is 0.926. The maximum Gasteiger partial charge on any atom is 0.0519 e. The van der Waals surface area contributed by atoms with Gasteiger partial charge in [0.15, 0.2) is 0 Å². The first-order chi connectivity index (χ1) is 9.83. The van der Waals surface area contributed by atoms with Crippen LogP contribution in [0.5, 0.6) is 0 Å². The monoisotopic (exact) mass is 293 g/mol. The molecule has 0 aliphatic carbocycles. The molecular formula is C16H27N3S. The molecule has 1 atom stereocenters. The fourth-order valence-electron chi connectivity index (χ4n) is 3.62. The van der Waals surface area contributed by atoms with E-state index in [-0.39, 0.29) is 6.04 Å². The Hall–Kier alpha value is -0.420. The predicted octanol–water partition coefficient (Wildman–Crippen LogP) is 2.70. The van der Waals surface area contributed by atoms with Gasteiger partial charge in [0.05, 0.1) is 6.04 Å². The molecule has 0 amide bonds. The highest BCUT2D eigenvalue weighted by atomic mass is 32.1. The van der Waals surface area contributed by atoms with Gasteiger partial charge < -0.3 is 15.5 Å². The molecule has 2 N–H and O–H groups in total. The molecule has 0 bridgehead atoms. The van der Waals surface area contributed by atoms with Gasteiger partial charge in [0, 0.05) is 17.5 Å². The Morgan fingerprint density at radius 3 is 2.55 bits per heavy atom. The number of rotatable bonds is 4. The molecule has 0 spiro atoms. The number of hydrogen-bond acceptors (Lipinski definition) is 4. The van der Waals surface area contributed by atoms with E-state index in [1.54, 1.807) is 11.3 Å². The summed E-state index contributed by atoms with van der Waals surface area (Å²) in [6.45, 7) is 6.13. The van der Waals surface area contributed by atoms with Crippen LogP contribution in [-0.2, 0) is 0 Å². The molecule has 1 aromatic rings. The maximum absolute atomic E-state index is 6.31. The standard InChI is InChI=1S/C16H27N3S/c17-15(16-5-4-12-20-16)13-18-10-6-14(7-11-18)19-8-2-1-3-9-19/h4-5,12,14-15H,1-3,6-11,13,17H2. The summed E-state index contributed by atoms with van der Waals surface area (Å²) in [6, 6.07) is 5.30. The summed E-state index contributed by atoms with van der Waals surface area (Å²) in [6.07, 6.45) is 6.91. The second-order valence-electron chi connectivity index (χ2n) is 6.25. The molecular weight excluding hydrogens is 266 g/mol. The van der Waals surface area contributed by atoms with Crippen molar-refractivity contribution in [3.05, 3.63) is 22.4 Å². The Bertz CT molecular complexity index is 378. The van der Waals surface area contributed by atoms with E-state index in [4.69, 9.17) is 5.73 Å². The molecule has 3 nitrogen and oxygen atoms in total. The molecule has 112 valence electrons. The van der Waals surface area contributed by atoms with Crippen molar-refractivity contribution in [3.63, 3.8) is 0 Å². The first kappa shape index (κ1) is 14.5. The number of nitrogens with two attached hydrogens (primary N) is 1. The van der Waals surface area contributed by atoms with Gasteiger partial charge in [0.1, 0.15) is 0 Å². The summed E-state index contributed by atoms with van der Waals surface area (Å²) in [5, 5.41) is 2.12. The molecule has 2 aliphatic heterocycles. The summed E-state index contributed by atoms with van der Waals surface area (Å²) in [5.41, 5.74) is 6.31. The summed E-state index contributed by atoms with van der Waals surface area (Å²) >= 11 is 1.78. The fourth-order valence-corrected chi connectivity index (χ4v) is 4.34. The number of thiophene rings is 1. The lowest BCUT2D eigenvalue weighted by Crippen LogP contribution is -2.47. The van der Waals surface area contributed by atoms with Crippen LogP contribution in [0.1, 0.15) is 43.0 Å². The molecule has 2 aliphatic rings. The zero-order chi connectivity index (χ0) is 13.8. The van der Waals surface area contributed by atoms with Crippen LogP contribution in [-0.4, -0.2) is 48.6 Å². The van der Waals surface area contributed by atoms with Crippen LogP contribution in [0.4, 0.5) is 0 Å². The van der Waals surface area contributed by atoms with Crippen LogP contribution in [0.25, 0.3) is 0 Å². The normalized spacial score (nSPS) is 24.9. The van der Waals surface area contributed by atoms with Gasteiger partial charge in [-0.25, -0.2) is 0 Å². The minimum absolute atomic E-state index is 0.196. The predicted molar refractivity (Wildman–Crippen MR) is 86.1 cm³/mol. The van der Waals surface area contributed by atoms with Crippen molar-refractivity contribution in [2.24, 2.45) is 5.73 Å². The first-order valence-corrected chi connectivity index (χ1v) is 8.96. The third-order valence-electron chi connectivity index (χ3n) is 4.83. The highest BCUT2D eigenvalue weighted by Crippen LogP contribution is 2.23. The Labute approximate surface area is 126 Å². The average molecular weight is 293 g/mol. The Morgan fingerprint density at radius 1 is 1.15 bits per heavy atom. The van der Waals surface area contributed by atoms with Crippen LogP contribution < -0.4 is 5.73 Å². The van der Waals surface area contributed by atoms with Crippen molar-refractivity contribution in [1.29, 1.82) is 0 Å². The van der Waals surface area contributed by atoms with Crippen molar-refractivity contribution in [3.8, 4) is 0 Å². The third-order valence-corrected chi connectivity index (χ3v) is 5.83. The number of nitrogens with zero attached hydrogens (tertiary/aromatic N) is 2. The minimum atomic E-state index is 0.196. The second kappa shape index (κ2) is 7.03. The second-order valence-corrected chi connectivity index (χ2v) is 7.23. The molecule has 1 unspecified atom stereocenters. The SMILES string of the molecule is NC(CN1CCC(N2CCCCC2)CC1)c1cccs1. The van der Waals surface area contributed by atoms with E-state index < -0.39 is 0 Å². The van der Waals surface area contributed by atoms with Crippen molar-refractivity contribution in [2.75, 3.05) is 32.7 Å². The van der Waals surface area contributed by atoms with E-state index in [1.165, 1.54) is 63.2 Å². The van der Waals surface area contributed by atoms with Gasteiger partial charge in [0.2, 0.25) is 0 Å². The smallest absolute Gasteiger partial charge is 0.0519 e. The topological polar surface area (TPSA) is 32.5 Å². The largest absolute Gasteiger partial charge is 0.322 e. The molecule has 0 radical (unpaired) electrons. The van der Waals surface area contributed by atoms with Gasteiger partial charge in [0.25, 0.3) is 0 Å². The lowest BCUT2D eigenvalue weighted by molar-refractivity contribution is 0.0902. The van der Waals surface area contributed by atoms with Crippen LogP contribution in [0, 0.1) is 0 Å². The fraction of sp³-hybridized carbons (Fsp3) is 0.750. The van der Waals surface area contributed by atoms with Crippen LogP contribution in [0.2, 0.25) is 0 Å². The van der Waals surface area contributed by atoms with E-state index in [2.05, 4.69) is 27.3 Å². The van der Waals surface area contributed by atoms with Gasteiger partial charge in [-0.05, 0) is 63.3 Å². The highest BCUT2D eigenvalue weighted by Gasteiger charge is 2.26. The highest BCUT2D eigenvalue weighted by molar-refractivity contribution is 7.10. The van der Waals surface area contributed by atoms with Gasteiger partial charge >= 0.3 is 0 Å². The van der Waals surface area contributed by atoms with Gasteiger partial charge in [-0.2, -0.15) is 0 Å². The first-order valence-electron chi connectivity index (χ1n) is 8.08. The van der Waals surface area contributed by atoms with Crippen molar-refractivity contribution in [1.82, 2.24) is 9.80 Å². The minimum Gasteiger partial charge on any atom is -0.322 e. The van der Waals surface area contributed by atoms with Crippen LogP contribution >= 0.6 is 11.3 Å². The lowest BCUT2D eigenvalue weighted by Gasteiger charge is -2.40. The number of hydrogen-bond donors (Lipinski definition) is 1. The molecule has 2 fully saturated rings. The van der Waals surface area contributed by atoms with Crippen molar-refractivity contribution in [2.45, 2.75) is 44.2 Å². The third kappa shape index (κ3) is 3.61. The van der Waals surface area contributed by atoms with Crippen LogP contribution in [0.3, 0.4) is 0 Å². The zero-order valence-corrected chi connectivity index (χ0v) is 13.2. The van der Waals surface area contributed by atoms with E-state index in [0.717, 1.165) is 12.6 Å². The molecule has 2 saturated heterocycles. The Kier molecular flexibility index (Phi) is 5.10. The Morgan fingerprint density at radius 2 is 1.90 bits per heavy atom. The summed E-state index contributed by atoms with van der Waals surface area (Å²) in [4.78, 5) is 6.62. The Balaban J connectivity index is 1.44. The molecule has 3 heterocycles. The number of likely N-dealkylation sites (tertiary alicyclic amines) is 2. The molecule has 4 heteroatoms. The van der Waals surface area contributed by atoms with Crippen LogP contribution in [0.15, 0.2) is 17.5 Å². The van der Waals surface area contributed by atoms with Crippen molar-refractivity contribution < 1.29 is 0 Å². The molecule has 20 heavy (non-hydrogen) atoms. The van der Waals surface area contributed by atoms with Crippen molar-refractivity contribution >= 4 is 11.3 Å². The molecule has 0 saturated carbocycles. The molecule has 0 aromatic carbocycles. The summed E-state index contributed by atoms with van der Waals surface area (Å²) in [7, 11) is 0. The van der Waals surface area contributed by atoms with E-state index in [0.29, 0.717) is 0 Å². The maximum atomic E-state index is 6.31. The van der Waals surface area contributed by atoms with Gasteiger partial charge in [-0.1, -0.05) is 12.5 Å². The van der Waals surface area contributed by atoms with E-state index in [9.17, 15) is 0 Å². The van der Waals surface area contributed by atoms with Gasteiger partial charge in [-0.15, -0.1) is 11.3 Å². The molecule has 1 aromatic heterocycles. The molecule has 3 rings (SSSR count). The van der Waals surface area contributed by atoms with E-state index >= 15 is 0 Å². The summed E-state index contributed by atoms with van der Waals surface area (Å²) in [5.74, 6) is 0. The van der Waals surface area contributed by atoms with Gasteiger partial charge in [-0.3, -0.25) is 0 Å². The average Bonchev–Trinajstić information content (AvgIpc) is 3.03.